The molecule has 3 aliphatic rings. The molecular weight excluding hydrogens is 232 g/mol. The van der Waals surface area contributed by atoms with Gasteiger partial charge in [-0.25, -0.2) is 0 Å². The van der Waals surface area contributed by atoms with Gasteiger partial charge >= 0.3 is 0 Å². The number of nitrogens with zero attached hydrogens (tertiary/aromatic N) is 1. The van der Waals surface area contributed by atoms with Crippen LogP contribution in [0, 0.1) is 11.8 Å². The summed E-state index contributed by atoms with van der Waals surface area (Å²) in [5, 5.41) is 3.89. The van der Waals surface area contributed by atoms with E-state index in [1.165, 1.54) is 84.0 Å². The summed E-state index contributed by atoms with van der Waals surface area (Å²) >= 11 is 0. The molecule has 1 aliphatic heterocycles. The Balaban J connectivity index is 1.56. The summed E-state index contributed by atoms with van der Waals surface area (Å²) in [6.45, 7) is 7.75. The molecule has 110 valence electrons. The lowest BCUT2D eigenvalue weighted by atomic mass is 9.82. The monoisotopic (exact) mass is 264 g/mol. The summed E-state index contributed by atoms with van der Waals surface area (Å²) in [6, 6.07) is 0. The molecule has 0 aromatic heterocycles. The molecule has 2 nitrogen and oxygen atoms in total. The molecule has 2 heteroatoms. The van der Waals surface area contributed by atoms with Crippen LogP contribution in [0.5, 0.6) is 0 Å². The molecule has 1 saturated heterocycles. The minimum atomic E-state index is 0.497. The van der Waals surface area contributed by atoms with Gasteiger partial charge in [-0.05, 0) is 57.0 Å². The molecule has 1 heterocycles. The van der Waals surface area contributed by atoms with E-state index in [0.29, 0.717) is 5.54 Å². The SMILES string of the molecule is CC1CCCC(CN2CCCNC3(CCCC3)C2)C1. The Bertz CT molecular complexity index is 283. The van der Waals surface area contributed by atoms with Crippen LogP contribution in [0.4, 0.5) is 0 Å². The van der Waals surface area contributed by atoms with Crippen LogP contribution < -0.4 is 5.32 Å². The lowest BCUT2D eigenvalue weighted by Crippen LogP contribution is -2.50. The van der Waals surface area contributed by atoms with Crippen molar-refractivity contribution in [3.05, 3.63) is 0 Å². The van der Waals surface area contributed by atoms with E-state index in [4.69, 9.17) is 0 Å². The van der Waals surface area contributed by atoms with E-state index in [9.17, 15) is 0 Å². The topological polar surface area (TPSA) is 15.3 Å². The fraction of sp³-hybridized carbons (Fsp3) is 1.00. The van der Waals surface area contributed by atoms with E-state index >= 15 is 0 Å². The fourth-order valence-electron chi connectivity index (χ4n) is 4.85. The van der Waals surface area contributed by atoms with Gasteiger partial charge in [0.15, 0.2) is 0 Å². The first kappa shape index (κ1) is 13.9. The third-order valence-corrected chi connectivity index (χ3v) is 5.80. The maximum absolute atomic E-state index is 3.89. The lowest BCUT2D eigenvalue weighted by molar-refractivity contribution is 0.153. The molecule has 0 aromatic rings. The van der Waals surface area contributed by atoms with Gasteiger partial charge in [0.25, 0.3) is 0 Å². The molecule has 2 atom stereocenters. The number of hydrogen-bond donors (Lipinski definition) is 1. The molecule has 3 rings (SSSR count). The summed E-state index contributed by atoms with van der Waals surface area (Å²) in [5.41, 5.74) is 0.497. The van der Waals surface area contributed by atoms with Crippen LogP contribution in [-0.4, -0.2) is 36.6 Å². The highest BCUT2D eigenvalue weighted by Gasteiger charge is 2.36. The van der Waals surface area contributed by atoms with E-state index < -0.39 is 0 Å². The van der Waals surface area contributed by atoms with E-state index in [1.54, 1.807) is 0 Å². The Hall–Kier alpha value is -0.0800. The van der Waals surface area contributed by atoms with Crippen molar-refractivity contribution < 1.29 is 0 Å². The smallest absolute Gasteiger partial charge is 0.0308 e. The molecule has 0 bridgehead atoms. The highest BCUT2D eigenvalue weighted by molar-refractivity contribution is 4.97. The third kappa shape index (κ3) is 3.52. The zero-order chi connectivity index (χ0) is 13.1. The molecule has 2 unspecified atom stereocenters. The zero-order valence-corrected chi connectivity index (χ0v) is 12.8. The first-order chi connectivity index (χ1) is 9.26. The number of nitrogens with one attached hydrogen (secondary N) is 1. The molecular formula is C17H32N2. The largest absolute Gasteiger partial charge is 0.310 e. The van der Waals surface area contributed by atoms with Gasteiger partial charge in [-0.3, -0.25) is 0 Å². The number of hydrogen-bond acceptors (Lipinski definition) is 2. The lowest BCUT2D eigenvalue weighted by Gasteiger charge is -2.36. The Labute approximate surface area is 119 Å². The van der Waals surface area contributed by atoms with Crippen LogP contribution in [0.1, 0.15) is 64.7 Å². The molecule has 3 fully saturated rings. The van der Waals surface area contributed by atoms with Crippen molar-refractivity contribution in [1.82, 2.24) is 10.2 Å². The third-order valence-electron chi connectivity index (χ3n) is 5.80. The zero-order valence-electron chi connectivity index (χ0n) is 12.8. The predicted octanol–water partition coefficient (Wildman–Crippen LogP) is 3.42. The van der Waals surface area contributed by atoms with Gasteiger partial charge < -0.3 is 10.2 Å². The summed E-state index contributed by atoms with van der Waals surface area (Å²) in [5.74, 6) is 1.96. The highest BCUT2D eigenvalue weighted by atomic mass is 15.2. The van der Waals surface area contributed by atoms with E-state index in [-0.39, 0.29) is 0 Å². The highest BCUT2D eigenvalue weighted by Crippen LogP contribution is 2.33. The Morgan fingerprint density at radius 1 is 1.11 bits per heavy atom. The van der Waals surface area contributed by atoms with Crippen LogP contribution in [0.3, 0.4) is 0 Å². The molecule has 19 heavy (non-hydrogen) atoms. The minimum absolute atomic E-state index is 0.497. The van der Waals surface area contributed by atoms with Crippen molar-refractivity contribution >= 4 is 0 Å². The second-order valence-corrected chi connectivity index (χ2v) is 7.64. The molecule has 0 amide bonds. The van der Waals surface area contributed by atoms with E-state index in [2.05, 4.69) is 17.1 Å². The molecule has 2 saturated carbocycles. The quantitative estimate of drug-likeness (QED) is 0.822. The van der Waals surface area contributed by atoms with Crippen molar-refractivity contribution in [3.8, 4) is 0 Å². The fourth-order valence-corrected chi connectivity index (χ4v) is 4.85. The maximum Gasteiger partial charge on any atom is 0.0308 e. The normalized spacial score (nSPS) is 36.5. The maximum atomic E-state index is 3.89. The molecule has 1 spiro atoms. The Morgan fingerprint density at radius 3 is 2.74 bits per heavy atom. The molecule has 0 radical (unpaired) electrons. The van der Waals surface area contributed by atoms with Gasteiger partial charge in [-0.15, -0.1) is 0 Å². The predicted molar refractivity (Wildman–Crippen MR) is 81.4 cm³/mol. The first-order valence-corrected chi connectivity index (χ1v) is 8.73. The van der Waals surface area contributed by atoms with Gasteiger partial charge in [0.05, 0.1) is 0 Å². The van der Waals surface area contributed by atoms with Crippen LogP contribution in [0.15, 0.2) is 0 Å². The second kappa shape index (κ2) is 6.13. The summed E-state index contributed by atoms with van der Waals surface area (Å²) in [6.07, 6.45) is 13.0. The van der Waals surface area contributed by atoms with E-state index in [0.717, 1.165) is 11.8 Å². The molecule has 0 aromatic carbocycles. The average Bonchev–Trinajstić information content (AvgIpc) is 2.73. The summed E-state index contributed by atoms with van der Waals surface area (Å²) < 4.78 is 0. The standard InChI is InChI=1S/C17H32N2/c1-15-6-4-7-16(12-15)13-19-11-5-10-18-17(14-19)8-2-3-9-17/h15-16,18H,2-14H2,1H3. The van der Waals surface area contributed by atoms with Crippen molar-refractivity contribution in [2.24, 2.45) is 11.8 Å². The van der Waals surface area contributed by atoms with Crippen LogP contribution >= 0.6 is 0 Å². The number of rotatable bonds is 2. The van der Waals surface area contributed by atoms with Gasteiger partial charge in [-0.1, -0.05) is 32.6 Å². The average molecular weight is 264 g/mol. The first-order valence-electron chi connectivity index (χ1n) is 8.73. The Morgan fingerprint density at radius 2 is 1.95 bits per heavy atom. The molecule has 2 aliphatic carbocycles. The molecule has 1 N–H and O–H groups in total. The van der Waals surface area contributed by atoms with Crippen molar-refractivity contribution in [3.63, 3.8) is 0 Å². The van der Waals surface area contributed by atoms with Gasteiger partial charge in [0.1, 0.15) is 0 Å². The second-order valence-electron chi connectivity index (χ2n) is 7.64. The van der Waals surface area contributed by atoms with Crippen molar-refractivity contribution in [1.29, 1.82) is 0 Å². The minimum Gasteiger partial charge on any atom is -0.310 e. The van der Waals surface area contributed by atoms with Crippen molar-refractivity contribution in [2.45, 2.75) is 70.3 Å². The van der Waals surface area contributed by atoms with Crippen LogP contribution in [0.2, 0.25) is 0 Å². The van der Waals surface area contributed by atoms with Gasteiger partial charge in [-0.2, -0.15) is 0 Å². The Kier molecular flexibility index (Phi) is 4.48. The summed E-state index contributed by atoms with van der Waals surface area (Å²) in [4.78, 5) is 2.81. The van der Waals surface area contributed by atoms with Gasteiger partial charge in [0.2, 0.25) is 0 Å². The van der Waals surface area contributed by atoms with Crippen molar-refractivity contribution in [2.75, 3.05) is 26.2 Å². The van der Waals surface area contributed by atoms with Gasteiger partial charge in [0, 0.05) is 18.6 Å². The van der Waals surface area contributed by atoms with E-state index in [1.807, 2.05) is 0 Å². The summed E-state index contributed by atoms with van der Waals surface area (Å²) in [7, 11) is 0. The van der Waals surface area contributed by atoms with Crippen LogP contribution in [-0.2, 0) is 0 Å². The van der Waals surface area contributed by atoms with Crippen LogP contribution in [0.25, 0.3) is 0 Å².